The lowest BCUT2D eigenvalue weighted by Crippen LogP contribution is -2.12. The fourth-order valence-electron chi connectivity index (χ4n) is 3.09. The van der Waals surface area contributed by atoms with Crippen LogP contribution in [0, 0.1) is 0 Å². The summed E-state index contributed by atoms with van der Waals surface area (Å²) in [6.45, 7) is 4.14. The topological polar surface area (TPSA) is 68.3 Å². The Balaban J connectivity index is 1.80. The van der Waals surface area contributed by atoms with Gasteiger partial charge in [0.05, 0.1) is 26.1 Å². The third-order valence-corrected chi connectivity index (χ3v) is 5.01. The van der Waals surface area contributed by atoms with E-state index in [1.807, 2.05) is 48.7 Å². The molecule has 0 atom stereocenters. The number of pyridine rings is 2. The predicted octanol–water partition coefficient (Wildman–Crippen LogP) is 5.09. The fourth-order valence-corrected chi connectivity index (χ4v) is 3.59. The Bertz CT molecular complexity index is 1100. The summed E-state index contributed by atoms with van der Waals surface area (Å²) in [6.07, 6.45) is 7.32. The maximum atomic E-state index is 5.31. The molecule has 0 spiro atoms. The number of aromatic nitrogens is 2. The van der Waals surface area contributed by atoms with Crippen molar-refractivity contribution in [3.8, 4) is 17.0 Å². The minimum absolute atomic E-state index is 0.683. The molecule has 0 radical (unpaired) electrons. The third-order valence-electron chi connectivity index (χ3n) is 4.39. The largest absolute Gasteiger partial charge is 0.495 e. The minimum atomic E-state index is 0.683. The van der Waals surface area contributed by atoms with Crippen molar-refractivity contribution in [1.29, 1.82) is 0 Å². The summed E-state index contributed by atoms with van der Waals surface area (Å²) in [5, 5.41) is 6.60. The Hall–Kier alpha value is -3.29. The Labute approximate surface area is 173 Å². The zero-order valence-corrected chi connectivity index (χ0v) is 16.9. The van der Waals surface area contributed by atoms with Crippen molar-refractivity contribution in [2.75, 3.05) is 19.5 Å². The second-order valence-corrected chi connectivity index (χ2v) is 7.26. The number of methoxy groups -OCH3 is 1. The summed E-state index contributed by atoms with van der Waals surface area (Å²) in [7, 11) is 3.27. The van der Waals surface area contributed by atoms with Crippen LogP contribution < -0.4 is 15.4 Å². The highest BCUT2D eigenvalue weighted by Gasteiger charge is 2.18. The molecule has 0 aliphatic carbocycles. The van der Waals surface area contributed by atoms with E-state index in [9.17, 15) is 0 Å². The molecule has 1 aliphatic heterocycles. The predicted molar refractivity (Wildman–Crippen MR) is 118 cm³/mol. The first-order valence-electron chi connectivity index (χ1n) is 8.92. The molecular weight excluding hydrogens is 384 g/mol. The molecule has 0 saturated heterocycles. The van der Waals surface area contributed by atoms with Gasteiger partial charge in [0, 0.05) is 51.8 Å². The average molecular weight is 404 g/mol. The van der Waals surface area contributed by atoms with E-state index >= 15 is 0 Å². The van der Waals surface area contributed by atoms with E-state index in [1.54, 1.807) is 26.6 Å². The van der Waals surface area contributed by atoms with Gasteiger partial charge in [-0.25, -0.2) is 4.98 Å². The quantitative estimate of drug-likeness (QED) is 0.554. The van der Waals surface area contributed by atoms with E-state index in [1.165, 1.54) is 12.0 Å². The maximum Gasteiger partial charge on any atom is 0.141 e. The molecule has 0 amide bonds. The summed E-state index contributed by atoms with van der Waals surface area (Å²) in [4.78, 5) is 10.1. The van der Waals surface area contributed by atoms with Crippen LogP contribution in [-0.2, 0) is 4.18 Å². The number of fused-ring (bicyclic) bond motifs is 1. The molecule has 7 heteroatoms. The molecule has 0 saturated carbocycles. The highest BCUT2D eigenvalue weighted by atomic mass is 32.2. The van der Waals surface area contributed by atoms with Crippen LogP contribution in [0.4, 0.5) is 11.5 Å². The van der Waals surface area contributed by atoms with Gasteiger partial charge in [-0.2, -0.15) is 0 Å². The van der Waals surface area contributed by atoms with Crippen molar-refractivity contribution in [3.63, 3.8) is 0 Å². The van der Waals surface area contributed by atoms with Gasteiger partial charge in [-0.1, -0.05) is 12.6 Å². The maximum absolute atomic E-state index is 5.31. The lowest BCUT2D eigenvalue weighted by atomic mass is 10.0. The Morgan fingerprint density at radius 2 is 2.03 bits per heavy atom. The third kappa shape index (κ3) is 4.11. The number of ether oxygens (including phenoxy) is 1. The number of anilines is 2. The Morgan fingerprint density at radius 3 is 2.86 bits per heavy atom. The van der Waals surface area contributed by atoms with E-state index in [4.69, 9.17) is 13.9 Å². The monoisotopic (exact) mass is 404 g/mol. The Morgan fingerprint density at radius 1 is 1.14 bits per heavy atom. The highest BCUT2D eigenvalue weighted by Crippen LogP contribution is 2.34. The molecule has 29 heavy (non-hydrogen) atoms. The molecule has 1 aliphatic rings. The van der Waals surface area contributed by atoms with Crippen molar-refractivity contribution in [2.45, 2.75) is 4.90 Å². The molecule has 4 rings (SSSR count). The number of benzene rings is 1. The summed E-state index contributed by atoms with van der Waals surface area (Å²) >= 11 is 1.31. The first-order chi connectivity index (χ1) is 14.2. The summed E-state index contributed by atoms with van der Waals surface area (Å²) < 4.78 is 10.5. The summed E-state index contributed by atoms with van der Waals surface area (Å²) in [5.41, 5.74) is 5.31. The van der Waals surface area contributed by atoms with Crippen LogP contribution >= 0.6 is 12.0 Å². The first-order valence-corrected chi connectivity index (χ1v) is 9.66. The van der Waals surface area contributed by atoms with Gasteiger partial charge in [-0.05, 0) is 42.0 Å². The van der Waals surface area contributed by atoms with Gasteiger partial charge >= 0.3 is 0 Å². The van der Waals surface area contributed by atoms with E-state index in [0.717, 1.165) is 38.7 Å². The SMILES string of the molecule is C=C1NC=Cc2cc(-c3cncc(OC)c3)nc(Nc3cccc(SOC)c3)c21. The number of rotatable bonds is 6. The van der Waals surface area contributed by atoms with Gasteiger partial charge in [-0.3, -0.25) is 4.98 Å². The number of hydrogen-bond donors (Lipinski definition) is 2. The van der Waals surface area contributed by atoms with Crippen molar-refractivity contribution in [2.24, 2.45) is 0 Å². The van der Waals surface area contributed by atoms with Crippen molar-refractivity contribution in [3.05, 3.63) is 72.7 Å². The summed E-state index contributed by atoms with van der Waals surface area (Å²) in [6, 6.07) is 11.9. The van der Waals surface area contributed by atoms with Crippen molar-refractivity contribution < 1.29 is 8.92 Å². The molecule has 146 valence electrons. The van der Waals surface area contributed by atoms with E-state index in [0.29, 0.717) is 11.6 Å². The van der Waals surface area contributed by atoms with Crippen LogP contribution in [0.3, 0.4) is 0 Å². The van der Waals surface area contributed by atoms with E-state index in [2.05, 4.69) is 22.2 Å². The molecule has 3 heterocycles. The van der Waals surface area contributed by atoms with Gasteiger partial charge in [0.2, 0.25) is 0 Å². The normalized spacial score (nSPS) is 12.3. The molecule has 3 aromatic rings. The van der Waals surface area contributed by atoms with Crippen LogP contribution in [0.5, 0.6) is 5.75 Å². The second-order valence-electron chi connectivity index (χ2n) is 6.29. The number of nitrogens with zero attached hydrogens (tertiary/aromatic N) is 2. The standard InChI is InChI=1S/C22H20N4O2S/c1-14-21-15(7-8-24-14)10-20(16-9-18(27-2)13-23-12-16)26-22(21)25-17-5-4-6-19(11-17)29-28-3/h4-13,24H,1H2,2-3H3,(H,25,26). The highest BCUT2D eigenvalue weighted by molar-refractivity contribution is 7.94. The Kier molecular flexibility index (Phi) is 5.50. The molecule has 2 N–H and O–H groups in total. The van der Waals surface area contributed by atoms with E-state index in [-0.39, 0.29) is 0 Å². The molecule has 0 unspecified atom stereocenters. The summed E-state index contributed by atoms with van der Waals surface area (Å²) in [5.74, 6) is 1.39. The van der Waals surface area contributed by atoms with Crippen LogP contribution in [0.25, 0.3) is 23.0 Å². The van der Waals surface area contributed by atoms with Crippen LogP contribution in [0.15, 0.2) is 66.5 Å². The second kappa shape index (κ2) is 8.38. The number of nitrogens with one attached hydrogen (secondary N) is 2. The zero-order valence-electron chi connectivity index (χ0n) is 16.1. The van der Waals surface area contributed by atoms with Crippen LogP contribution in [0.2, 0.25) is 0 Å². The smallest absolute Gasteiger partial charge is 0.141 e. The van der Waals surface area contributed by atoms with Gasteiger partial charge in [0.15, 0.2) is 0 Å². The van der Waals surface area contributed by atoms with Crippen molar-refractivity contribution in [1.82, 2.24) is 15.3 Å². The van der Waals surface area contributed by atoms with Crippen LogP contribution in [0.1, 0.15) is 11.1 Å². The average Bonchev–Trinajstić information content (AvgIpc) is 2.74. The molecular formula is C22H20N4O2S. The minimum Gasteiger partial charge on any atom is -0.495 e. The van der Waals surface area contributed by atoms with Crippen molar-refractivity contribution >= 4 is 35.3 Å². The fraction of sp³-hybridized carbons (Fsp3) is 0.0909. The lowest BCUT2D eigenvalue weighted by molar-refractivity contribution is 0.413. The first kappa shape index (κ1) is 19.0. The molecule has 1 aromatic carbocycles. The molecule has 0 fully saturated rings. The van der Waals surface area contributed by atoms with Crippen LogP contribution in [-0.4, -0.2) is 24.2 Å². The molecule has 0 bridgehead atoms. The van der Waals surface area contributed by atoms with Gasteiger partial charge in [-0.15, -0.1) is 0 Å². The number of hydrogen-bond acceptors (Lipinski definition) is 7. The van der Waals surface area contributed by atoms with Gasteiger partial charge in [0.1, 0.15) is 11.6 Å². The van der Waals surface area contributed by atoms with E-state index < -0.39 is 0 Å². The molecule has 2 aromatic heterocycles. The van der Waals surface area contributed by atoms with Gasteiger partial charge in [0.25, 0.3) is 0 Å². The lowest BCUT2D eigenvalue weighted by Gasteiger charge is -2.20. The molecule has 6 nitrogen and oxygen atoms in total. The van der Waals surface area contributed by atoms with Gasteiger partial charge < -0.3 is 19.6 Å². The zero-order chi connectivity index (χ0) is 20.2.